The summed E-state index contributed by atoms with van der Waals surface area (Å²) >= 11 is 0. The van der Waals surface area contributed by atoms with Gasteiger partial charge in [-0.25, -0.2) is 0 Å². The van der Waals surface area contributed by atoms with Gasteiger partial charge in [0.25, 0.3) is 0 Å². The molecular formula is C16H9N5. The molecule has 0 saturated carbocycles. The number of aromatic nitrogens is 4. The molecule has 4 aromatic rings. The van der Waals surface area contributed by atoms with E-state index in [0.717, 1.165) is 16.5 Å². The van der Waals surface area contributed by atoms with Gasteiger partial charge >= 0.3 is 0 Å². The fourth-order valence-electron chi connectivity index (χ4n) is 2.42. The summed E-state index contributed by atoms with van der Waals surface area (Å²) in [7, 11) is 0. The van der Waals surface area contributed by atoms with Crippen molar-refractivity contribution in [1.29, 1.82) is 5.26 Å². The van der Waals surface area contributed by atoms with Crippen LogP contribution in [0.15, 0.2) is 54.9 Å². The van der Waals surface area contributed by atoms with Crippen LogP contribution in [0.3, 0.4) is 0 Å². The normalized spacial score (nSPS) is 10.8. The minimum absolute atomic E-state index is 0.562. The van der Waals surface area contributed by atoms with Crippen LogP contribution in [-0.4, -0.2) is 19.6 Å². The number of rotatable bonds is 1. The summed E-state index contributed by atoms with van der Waals surface area (Å²) in [5, 5.41) is 19.4. The van der Waals surface area contributed by atoms with Crippen molar-refractivity contribution in [2.45, 2.75) is 0 Å². The van der Waals surface area contributed by atoms with E-state index in [2.05, 4.69) is 21.3 Å². The number of hydrogen-bond acceptors (Lipinski definition) is 4. The smallest absolute Gasteiger partial charge is 0.187 e. The molecule has 0 spiro atoms. The van der Waals surface area contributed by atoms with E-state index >= 15 is 0 Å². The van der Waals surface area contributed by atoms with E-state index < -0.39 is 0 Å². The Hall–Kier alpha value is -3.26. The molecule has 5 nitrogen and oxygen atoms in total. The van der Waals surface area contributed by atoms with Crippen molar-refractivity contribution in [3.8, 4) is 17.6 Å². The second-order valence-corrected chi connectivity index (χ2v) is 4.66. The Morgan fingerprint density at radius 2 is 1.95 bits per heavy atom. The number of hydrogen-bond donors (Lipinski definition) is 0. The summed E-state index contributed by atoms with van der Waals surface area (Å²) in [5.41, 5.74) is 1.98. The van der Waals surface area contributed by atoms with Crippen LogP contribution in [0.25, 0.3) is 27.9 Å². The van der Waals surface area contributed by atoms with Gasteiger partial charge in [0.15, 0.2) is 11.5 Å². The van der Waals surface area contributed by atoms with Crippen LogP contribution in [0.5, 0.6) is 0 Å². The Morgan fingerprint density at radius 3 is 2.86 bits per heavy atom. The molecule has 0 fully saturated rings. The summed E-state index contributed by atoms with van der Waals surface area (Å²) in [4.78, 5) is 4.45. The third kappa shape index (κ3) is 1.74. The van der Waals surface area contributed by atoms with Gasteiger partial charge in [0.2, 0.25) is 0 Å². The molecule has 0 unspecified atom stereocenters. The van der Waals surface area contributed by atoms with Crippen LogP contribution in [-0.2, 0) is 0 Å². The monoisotopic (exact) mass is 271 g/mol. The molecule has 3 aromatic heterocycles. The largest absolute Gasteiger partial charge is 0.281 e. The lowest BCUT2D eigenvalue weighted by Crippen LogP contribution is -1.93. The zero-order chi connectivity index (χ0) is 14.2. The SMILES string of the molecule is N#Cc1ccn2c(-c3nccc4ccccc34)nnc2c1. The Kier molecular flexibility index (Phi) is 2.42. The standard InChI is InChI=1S/C16H9N5/c17-10-11-6-8-21-14(9-11)19-20-16(21)15-13-4-2-1-3-12(13)5-7-18-15/h1-9H. The van der Waals surface area contributed by atoms with Crippen molar-refractivity contribution in [3.63, 3.8) is 0 Å². The minimum atomic E-state index is 0.562. The van der Waals surface area contributed by atoms with Gasteiger partial charge in [0.05, 0.1) is 11.6 Å². The Balaban J connectivity index is 2.03. The van der Waals surface area contributed by atoms with Gasteiger partial charge in [0.1, 0.15) is 5.69 Å². The highest BCUT2D eigenvalue weighted by molar-refractivity contribution is 5.93. The van der Waals surface area contributed by atoms with Crippen molar-refractivity contribution in [2.24, 2.45) is 0 Å². The van der Waals surface area contributed by atoms with Gasteiger partial charge in [-0.1, -0.05) is 24.3 Å². The molecule has 3 heterocycles. The first kappa shape index (κ1) is 11.6. The van der Waals surface area contributed by atoms with Gasteiger partial charge in [0, 0.05) is 23.8 Å². The first-order chi connectivity index (χ1) is 10.4. The van der Waals surface area contributed by atoms with E-state index in [1.165, 1.54) is 0 Å². The third-order valence-corrected chi connectivity index (χ3v) is 3.42. The molecular weight excluding hydrogens is 262 g/mol. The van der Waals surface area contributed by atoms with E-state index in [1.807, 2.05) is 34.7 Å². The number of benzene rings is 1. The van der Waals surface area contributed by atoms with Crippen LogP contribution in [0, 0.1) is 11.3 Å². The molecule has 0 radical (unpaired) electrons. The van der Waals surface area contributed by atoms with E-state index in [-0.39, 0.29) is 0 Å². The van der Waals surface area contributed by atoms with E-state index in [1.54, 1.807) is 24.5 Å². The molecule has 0 bridgehead atoms. The number of nitriles is 1. The molecule has 0 aliphatic heterocycles. The Morgan fingerprint density at radius 1 is 1.05 bits per heavy atom. The van der Waals surface area contributed by atoms with Crippen molar-refractivity contribution in [1.82, 2.24) is 19.6 Å². The van der Waals surface area contributed by atoms with Gasteiger partial charge in [-0.3, -0.25) is 9.38 Å². The zero-order valence-corrected chi connectivity index (χ0v) is 10.9. The highest BCUT2D eigenvalue weighted by atomic mass is 15.2. The lowest BCUT2D eigenvalue weighted by Gasteiger charge is -2.04. The first-order valence-electron chi connectivity index (χ1n) is 6.46. The molecule has 0 N–H and O–H groups in total. The van der Waals surface area contributed by atoms with Gasteiger partial charge in [-0.2, -0.15) is 5.26 Å². The maximum absolute atomic E-state index is 8.94. The summed E-state index contributed by atoms with van der Waals surface area (Å²) < 4.78 is 1.84. The van der Waals surface area contributed by atoms with Crippen molar-refractivity contribution < 1.29 is 0 Å². The summed E-state index contributed by atoms with van der Waals surface area (Å²) in [6.45, 7) is 0. The second kappa shape index (κ2) is 4.39. The average Bonchev–Trinajstić information content (AvgIpc) is 2.97. The molecule has 21 heavy (non-hydrogen) atoms. The van der Waals surface area contributed by atoms with Crippen molar-refractivity contribution in [2.75, 3.05) is 0 Å². The molecule has 0 amide bonds. The molecule has 0 atom stereocenters. The number of fused-ring (bicyclic) bond motifs is 2. The first-order valence-corrected chi connectivity index (χ1v) is 6.46. The fourth-order valence-corrected chi connectivity index (χ4v) is 2.42. The molecule has 1 aromatic carbocycles. The lowest BCUT2D eigenvalue weighted by atomic mass is 10.1. The summed E-state index contributed by atoms with van der Waals surface area (Å²) in [6.07, 6.45) is 3.56. The fraction of sp³-hybridized carbons (Fsp3) is 0. The number of nitrogens with zero attached hydrogens (tertiary/aromatic N) is 5. The topological polar surface area (TPSA) is 66.9 Å². The van der Waals surface area contributed by atoms with Crippen LogP contribution in [0.2, 0.25) is 0 Å². The third-order valence-electron chi connectivity index (χ3n) is 3.42. The second-order valence-electron chi connectivity index (χ2n) is 4.66. The van der Waals surface area contributed by atoms with Crippen LogP contribution >= 0.6 is 0 Å². The molecule has 98 valence electrons. The van der Waals surface area contributed by atoms with Crippen LogP contribution in [0.1, 0.15) is 5.56 Å². The van der Waals surface area contributed by atoms with Crippen LogP contribution in [0.4, 0.5) is 0 Å². The molecule has 0 saturated heterocycles. The predicted octanol–water partition coefficient (Wildman–Crippen LogP) is 2.82. The minimum Gasteiger partial charge on any atom is -0.281 e. The van der Waals surface area contributed by atoms with Gasteiger partial charge < -0.3 is 0 Å². The molecule has 4 rings (SSSR count). The summed E-state index contributed by atoms with van der Waals surface area (Å²) in [5.74, 6) is 0.672. The van der Waals surface area contributed by atoms with E-state index in [9.17, 15) is 0 Å². The van der Waals surface area contributed by atoms with Gasteiger partial charge in [-0.15, -0.1) is 10.2 Å². The highest BCUT2D eigenvalue weighted by Crippen LogP contribution is 2.25. The van der Waals surface area contributed by atoms with Crippen LogP contribution < -0.4 is 0 Å². The molecule has 5 heteroatoms. The van der Waals surface area contributed by atoms with E-state index in [0.29, 0.717) is 17.0 Å². The predicted molar refractivity (Wildman–Crippen MR) is 78.4 cm³/mol. The average molecular weight is 271 g/mol. The maximum Gasteiger partial charge on any atom is 0.187 e. The molecule has 0 aliphatic carbocycles. The van der Waals surface area contributed by atoms with E-state index in [4.69, 9.17) is 5.26 Å². The highest BCUT2D eigenvalue weighted by Gasteiger charge is 2.12. The summed E-state index contributed by atoms with van der Waals surface area (Å²) in [6, 6.07) is 15.5. The number of pyridine rings is 2. The Bertz CT molecular complexity index is 1000. The van der Waals surface area contributed by atoms with Gasteiger partial charge in [-0.05, 0) is 17.5 Å². The maximum atomic E-state index is 8.94. The zero-order valence-electron chi connectivity index (χ0n) is 10.9. The quantitative estimate of drug-likeness (QED) is 0.534. The Labute approximate surface area is 120 Å². The van der Waals surface area contributed by atoms with Crippen molar-refractivity contribution >= 4 is 16.4 Å². The molecule has 0 aliphatic rings. The van der Waals surface area contributed by atoms with Crippen molar-refractivity contribution in [3.05, 3.63) is 60.4 Å². The lowest BCUT2D eigenvalue weighted by molar-refractivity contribution is 1.09.